The van der Waals surface area contributed by atoms with E-state index in [1.165, 1.54) is 6.92 Å². The van der Waals surface area contributed by atoms with E-state index in [0.29, 0.717) is 22.2 Å². The number of aromatic amines is 1. The number of anilines is 1. The van der Waals surface area contributed by atoms with Gasteiger partial charge in [-0.05, 0) is 42.3 Å². The fourth-order valence-electron chi connectivity index (χ4n) is 2.30. The average molecular weight is 332 g/mol. The van der Waals surface area contributed by atoms with Gasteiger partial charge in [0.2, 0.25) is 0 Å². The van der Waals surface area contributed by atoms with E-state index < -0.39 is 12.1 Å². The largest absolute Gasteiger partial charge is 0.479 e. The fraction of sp³-hybridized carbons (Fsp3) is 0.125. The van der Waals surface area contributed by atoms with E-state index in [4.69, 9.17) is 27.2 Å². The summed E-state index contributed by atoms with van der Waals surface area (Å²) in [4.78, 5) is 18.1. The SMILES string of the molecule is C[C@H](Oc1ccc(-c2cc(N)nc3[nH]ccc23)cc1Cl)C(=O)O. The van der Waals surface area contributed by atoms with Gasteiger partial charge in [0.05, 0.1) is 5.02 Å². The summed E-state index contributed by atoms with van der Waals surface area (Å²) in [5, 5.41) is 10.1. The van der Waals surface area contributed by atoms with Crippen molar-refractivity contribution in [3.63, 3.8) is 0 Å². The van der Waals surface area contributed by atoms with Crippen LogP contribution in [0.3, 0.4) is 0 Å². The first kappa shape index (κ1) is 15.2. The summed E-state index contributed by atoms with van der Waals surface area (Å²) in [5.41, 5.74) is 8.24. The van der Waals surface area contributed by atoms with Crippen LogP contribution in [0.15, 0.2) is 36.5 Å². The quantitative estimate of drug-likeness (QED) is 0.680. The second kappa shape index (κ2) is 5.81. The number of nitrogens with two attached hydrogens (primary N) is 1. The van der Waals surface area contributed by atoms with Gasteiger partial charge < -0.3 is 20.6 Å². The Morgan fingerprint density at radius 2 is 2.17 bits per heavy atom. The van der Waals surface area contributed by atoms with E-state index in [1.54, 1.807) is 30.5 Å². The number of fused-ring (bicyclic) bond motifs is 1. The average Bonchev–Trinajstić information content (AvgIpc) is 2.96. The van der Waals surface area contributed by atoms with Crippen LogP contribution in [0.2, 0.25) is 5.02 Å². The number of halogens is 1. The number of nitrogens with zero attached hydrogens (tertiary/aromatic N) is 1. The van der Waals surface area contributed by atoms with Crippen molar-refractivity contribution in [2.45, 2.75) is 13.0 Å². The molecule has 1 atom stereocenters. The molecule has 0 spiro atoms. The zero-order valence-corrected chi connectivity index (χ0v) is 13.0. The number of hydrogen-bond donors (Lipinski definition) is 3. The van der Waals surface area contributed by atoms with Crippen LogP contribution in [-0.4, -0.2) is 27.1 Å². The summed E-state index contributed by atoms with van der Waals surface area (Å²) in [6, 6.07) is 8.83. The van der Waals surface area contributed by atoms with Crippen molar-refractivity contribution in [2.75, 3.05) is 5.73 Å². The minimum atomic E-state index is -1.05. The molecular weight excluding hydrogens is 318 g/mol. The number of carboxylic acid groups (broad SMARTS) is 1. The number of carbonyl (C=O) groups is 1. The molecule has 3 aromatic rings. The predicted octanol–water partition coefficient (Wildman–Crippen LogP) is 3.32. The second-order valence-corrected chi connectivity index (χ2v) is 5.49. The van der Waals surface area contributed by atoms with Crippen molar-refractivity contribution in [1.82, 2.24) is 9.97 Å². The third-order valence-electron chi connectivity index (χ3n) is 3.44. The van der Waals surface area contributed by atoms with E-state index in [0.717, 1.165) is 16.5 Å². The first-order valence-corrected chi connectivity index (χ1v) is 7.26. The predicted molar refractivity (Wildman–Crippen MR) is 88.7 cm³/mol. The number of benzene rings is 1. The Morgan fingerprint density at radius 1 is 1.39 bits per heavy atom. The van der Waals surface area contributed by atoms with Gasteiger partial charge in [-0.1, -0.05) is 17.7 Å². The lowest BCUT2D eigenvalue weighted by Crippen LogP contribution is -2.22. The van der Waals surface area contributed by atoms with Crippen LogP contribution in [-0.2, 0) is 4.79 Å². The van der Waals surface area contributed by atoms with Gasteiger partial charge in [0.15, 0.2) is 6.10 Å². The lowest BCUT2D eigenvalue weighted by atomic mass is 10.0. The molecule has 0 amide bonds. The highest BCUT2D eigenvalue weighted by Gasteiger charge is 2.15. The summed E-state index contributed by atoms with van der Waals surface area (Å²) in [7, 11) is 0. The number of rotatable bonds is 4. The molecule has 0 aliphatic heterocycles. The molecule has 0 aliphatic carbocycles. The van der Waals surface area contributed by atoms with Crippen molar-refractivity contribution < 1.29 is 14.6 Å². The molecule has 0 unspecified atom stereocenters. The van der Waals surface area contributed by atoms with Crippen LogP contribution < -0.4 is 10.5 Å². The minimum Gasteiger partial charge on any atom is -0.479 e. The van der Waals surface area contributed by atoms with E-state index in [1.807, 2.05) is 6.07 Å². The van der Waals surface area contributed by atoms with E-state index >= 15 is 0 Å². The Labute approximate surface area is 136 Å². The lowest BCUT2D eigenvalue weighted by molar-refractivity contribution is -0.144. The molecule has 7 heteroatoms. The van der Waals surface area contributed by atoms with E-state index in [-0.39, 0.29) is 0 Å². The molecule has 1 aromatic carbocycles. The van der Waals surface area contributed by atoms with Crippen molar-refractivity contribution in [2.24, 2.45) is 0 Å². The zero-order chi connectivity index (χ0) is 16.6. The normalized spacial score (nSPS) is 12.3. The highest BCUT2D eigenvalue weighted by Crippen LogP contribution is 2.34. The van der Waals surface area contributed by atoms with Gasteiger partial charge in [0, 0.05) is 11.6 Å². The van der Waals surface area contributed by atoms with Gasteiger partial charge in [-0.2, -0.15) is 0 Å². The highest BCUT2D eigenvalue weighted by molar-refractivity contribution is 6.32. The summed E-state index contributed by atoms with van der Waals surface area (Å²) in [5.74, 6) is -0.343. The van der Waals surface area contributed by atoms with Crippen LogP contribution in [0.1, 0.15) is 6.92 Å². The van der Waals surface area contributed by atoms with Gasteiger partial charge in [0.25, 0.3) is 0 Å². The van der Waals surface area contributed by atoms with Crippen LogP contribution >= 0.6 is 11.6 Å². The molecule has 2 aromatic heterocycles. The Bertz CT molecular complexity index is 891. The Kier molecular flexibility index (Phi) is 3.83. The number of pyridine rings is 1. The van der Waals surface area contributed by atoms with E-state index in [2.05, 4.69) is 9.97 Å². The van der Waals surface area contributed by atoms with Gasteiger partial charge >= 0.3 is 5.97 Å². The second-order valence-electron chi connectivity index (χ2n) is 5.08. The van der Waals surface area contributed by atoms with Gasteiger partial charge in [-0.3, -0.25) is 0 Å². The smallest absolute Gasteiger partial charge is 0.344 e. The third kappa shape index (κ3) is 2.93. The van der Waals surface area contributed by atoms with Crippen molar-refractivity contribution >= 4 is 34.4 Å². The molecule has 6 nitrogen and oxygen atoms in total. The monoisotopic (exact) mass is 331 g/mol. The summed E-state index contributed by atoms with van der Waals surface area (Å²) < 4.78 is 5.32. The third-order valence-corrected chi connectivity index (χ3v) is 3.74. The van der Waals surface area contributed by atoms with E-state index in [9.17, 15) is 4.79 Å². The van der Waals surface area contributed by atoms with Crippen LogP contribution in [0.4, 0.5) is 5.82 Å². The first-order chi connectivity index (χ1) is 11.0. The van der Waals surface area contributed by atoms with Gasteiger partial charge in [0.1, 0.15) is 17.2 Å². The zero-order valence-electron chi connectivity index (χ0n) is 12.2. The van der Waals surface area contributed by atoms with Crippen molar-refractivity contribution in [3.05, 3.63) is 41.6 Å². The molecule has 23 heavy (non-hydrogen) atoms. The molecule has 3 rings (SSSR count). The summed E-state index contributed by atoms with van der Waals surface area (Å²) in [6.07, 6.45) is 0.806. The van der Waals surface area contributed by atoms with Crippen molar-refractivity contribution in [1.29, 1.82) is 0 Å². The summed E-state index contributed by atoms with van der Waals surface area (Å²) in [6.45, 7) is 1.44. The topological polar surface area (TPSA) is 101 Å². The first-order valence-electron chi connectivity index (χ1n) is 6.88. The Balaban J connectivity index is 2.02. The molecule has 0 saturated carbocycles. The Hall–Kier alpha value is -2.73. The van der Waals surface area contributed by atoms with Crippen LogP contribution in [0, 0.1) is 0 Å². The molecule has 0 saturated heterocycles. The number of aromatic nitrogens is 2. The number of H-pyrrole nitrogens is 1. The van der Waals surface area contributed by atoms with Gasteiger partial charge in [-0.15, -0.1) is 0 Å². The minimum absolute atomic E-state index is 0.317. The fourth-order valence-corrected chi connectivity index (χ4v) is 2.53. The number of ether oxygens (including phenoxy) is 1. The number of carboxylic acids is 1. The van der Waals surface area contributed by atoms with Crippen molar-refractivity contribution in [3.8, 4) is 16.9 Å². The molecule has 2 heterocycles. The maximum atomic E-state index is 10.9. The Morgan fingerprint density at radius 3 is 2.87 bits per heavy atom. The van der Waals surface area contributed by atoms with Gasteiger partial charge in [-0.25, -0.2) is 9.78 Å². The van der Waals surface area contributed by atoms with Crippen LogP contribution in [0.25, 0.3) is 22.2 Å². The maximum absolute atomic E-state index is 10.9. The number of nitrogen functional groups attached to an aromatic ring is 1. The molecule has 118 valence electrons. The molecule has 0 bridgehead atoms. The molecular formula is C16H14ClN3O3. The summed E-state index contributed by atoms with van der Waals surface area (Å²) >= 11 is 6.22. The number of hydrogen-bond acceptors (Lipinski definition) is 4. The number of nitrogens with one attached hydrogen (secondary N) is 1. The number of aliphatic carboxylic acids is 1. The lowest BCUT2D eigenvalue weighted by Gasteiger charge is -2.13. The molecule has 0 radical (unpaired) electrons. The molecule has 0 aliphatic rings. The standard InChI is InChI=1S/C16H14ClN3O3/c1-8(16(21)22)23-13-3-2-9(6-12(13)17)11-7-14(18)20-15-10(11)4-5-19-15/h2-8H,1H3,(H,21,22)(H3,18,19,20)/t8-/m0/s1. The van der Waals surface area contributed by atoms with Crippen LogP contribution in [0.5, 0.6) is 5.75 Å². The highest BCUT2D eigenvalue weighted by atomic mass is 35.5. The maximum Gasteiger partial charge on any atom is 0.344 e. The molecule has 4 N–H and O–H groups in total. The molecule has 0 fully saturated rings.